The zero-order chi connectivity index (χ0) is 20.3. The predicted molar refractivity (Wildman–Crippen MR) is 108 cm³/mol. The van der Waals surface area contributed by atoms with Crippen molar-refractivity contribution in [3.8, 4) is 17.0 Å². The molecular weight excluding hydrogens is 356 g/mol. The summed E-state index contributed by atoms with van der Waals surface area (Å²) in [6, 6.07) is 6.50. The van der Waals surface area contributed by atoms with Gasteiger partial charge in [0.15, 0.2) is 0 Å². The minimum absolute atomic E-state index is 0.0341. The molecule has 1 heterocycles. The van der Waals surface area contributed by atoms with Crippen LogP contribution in [0.2, 0.25) is 0 Å². The van der Waals surface area contributed by atoms with Gasteiger partial charge in [-0.2, -0.15) is 9.78 Å². The summed E-state index contributed by atoms with van der Waals surface area (Å²) in [6.07, 6.45) is 3.61. The van der Waals surface area contributed by atoms with Gasteiger partial charge in [0.25, 0.3) is 0 Å². The Bertz CT molecular complexity index is 867. The van der Waals surface area contributed by atoms with Crippen LogP contribution in [0.1, 0.15) is 58.1 Å². The quantitative estimate of drug-likeness (QED) is 0.627. The van der Waals surface area contributed by atoms with Crippen LogP contribution in [0.5, 0.6) is 5.75 Å². The lowest BCUT2D eigenvalue weighted by Gasteiger charge is -2.13. The summed E-state index contributed by atoms with van der Waals surface area (Å²) < 4.78 is 1.39. The lowest BCUT2D eigenvalue weighted by Crippen LogP contribution is -2.30. The maximum atomic E-state index is 12.4. The van der Waals surface area contributed by atoms with Crippen LogP contribution in [0.3, 0.4) is 0 Å². The Hall–Kier alpha value is -2.83. The molecule has 1 saturated carbocycles. The summed E-state index contributed by atoms with van der Waals surface area (Å²) in [4.78, 5) is 24.7. The van der Waals surface area contributed by atoms with Crippen molar-refractivity contribution in [2.24, 2.45) is 5.92 Å². The summed E-state index contributed by atoms with van der Waals surface area (Å²) >= 11 is 0. The smallest absolute Gasteiger partial charge is 0.342 e. The van der Waals surface area contributed by atoms with E-state index in [1.807, 2.05) is 26.8 Å². The van der Waals surface area contributed by atoms with Crippen LogP contribution in [0.4, 0.5) is 10.5 Å². The highest BCUT2D eigenvalue weighted by Gasteiger charge is 2.30. The fourth-order valence-electron chi connectivity index (χ4n) is 3.31. The number of nitrogens with one attached hydrogen (secondary N) is 2. The molecule has 0 aliphatic heterocycles. The van der Waals surface area contributed by atoms with E-state index in [4.69, 9.17) is 0 Å². The van der Waals surface area contributed by atoms with Crippen LogP contribution in [0, 0.1) is 5.92 Å². The first-order chi connectivity index (χ1) is 13.5. The van der Waals surface area contributed by atoms with Gasteiger partial charge in [-0.05, 0) is 56.9 Å². The number of carbonyl (C=O) groups is 2. The molecule has 3 N–H and O–H groups in total. The van der Waals surface area contributed by atoms with Crippen molar-refractivity contribution < 1.29 is 14.7 Å². The zero-order valence-electron chi connectivity index (χ0n) is 16.7. The molecule has 2 aromatic rings. The van der Waals surface area contributed by atoms with E-state index in [2.05, 4.69) is 15.7 Å². The SMILES string of the molecule is CCNC(=O)n1nc(-c2cc(NC(=O)C(CC)CC)ccc2O)cc1C1CC1. The Morgan fingerprint density at radius 2 is 1.93 bits per heavy atom. The molecule has 1 aliphatic rings. The maximum Gasteiger partial charge on any atom is 0.342 e. The summed E-state index contributed by atoms with van der Waals surface area (Å²) in [7, 11) is 0. The van der Waals surface area contributed by atoms with Crippen molar-refractivity contribution >= 4 is 17.6 Å². The molecule has 1 aromatic heterocycles. The number of rotatable bonds is 7. The Kier molecular flexibility index (Phi) is 6.02. The third-order valence-electron chi connectivity index (χ3n) is 5.15. The van der Waals surface area contributed by atoms with E-state index >= 15 is 0 Å². The van der Waals surface area contributed by atoms with Gasteiger partial charge < -0.3 is 15.7 Å². The summed E-state index contributed by atoms with van der Waals surface area (Å²) in [5.41, 5.74) is 2.47. The molecule has 0 saturated heterocycles. The molecule has 1 aromatic carbocycles. The molecule has 0 unspecified atom stereocenters. The molecule has 3 rings (SSSR count). The average molecular weight is 384 g/mol. The average Bonchev–Trinajstić information content (AvgIpc) is 3.43. The molecule has 1 fully saturated rings. The molecule has 7 heteroatoms. The minimum atomic E-state index is -0.270. The lowest BCUT2D eigenvalue weighted by atomic mass is 10.0. The van der Waals surface area contributed by atoms with Gasteiger partial charge in [-0.1, -0.05) is 13.8 Å². The topological polar surface area (TPSA) is 96.3 Å². The second-order valence-electron chi connectivity index (χ2n) is 7.21. The number of phenolic OH excluding ortho intramolecular Hbond substituents is 1. The van der Waals surface area contributed by atoms with Crippen LogP contribution in [0.15, 0.2) is 24.3 Å². The van der Waals surface area contributed by atoms with Crippen molar-refractivity contribution in [1.29, 1.82) is 0 Å². The van der Waals surface area contributed by atoms with E-state index in [-0.39, 0.29) is 23.6 Å². The van der Waals surface area contributed by atoms with Gasteiger partial charge in [0.1, 0.15) is 5.75 Å². The maximum absolute atomic E-state index is 12.4. The molecule has 2 amide bonds. The van der Waals surface area contributed by atoms with Crippen molar-refractivity contribution in [1.82, 2.24) is 15.1 Å². The van der Waals surface area contributed by atoms with E-state index in [0.717, 1.165) is 31.4 Å². The van der Waals surface area contributed by atoms with Gasteiger partial charge in [0.2, 0.25) is 5.91 Å². The molecule has 150 valence electrons. The monoisotopic (exact) mass is 384 g/mol. The Labute approximate surface area is 165 Å². The van der Waals surface area contributed by atoms with Crippen molar-refractivity contribution in [3.63, 3.8) is 0 Å². The highest BCUT2D eigenvalue weighted by Crippen LogP contribution is 2.42. The predicted octanol–water partition coefficient (Wildman–Crippen LogP) is 4.09. The standard InChI is InChI=1S/C21H28N4O3/c1-4-13(5-2)20(27)23-15-9-10-19(26)16(11-15)17-12-18(14-7-8-14)25(24-17)21(28)22-6-3/h9-14,26H,4-8H2,1-3H3,(H,22,28)(H,23,27). The third-order valence-corrected chi connectivity index (χ3v) is 5.15. The van der Waals surface area contributed by atoms with E-state index in [0.29, 0.717) is 29.4 Å². The number of aromatic nitrogens is 2. The summed E-state index contributed by atoms with van der Waals surface area (Å²) in [5.74, 6) is 0.302. The number of hydrogen-bond donors (Lipinski definition) is 3. The lowest BCUT2D eigenvalue weighted by molar-refractivity contribution is -0.120. The zero-order valence-corrected chi connectivity index (χ0v) is 16.7. The van der Waals surface area contributed by atoms with Crippen LogP contribution in [0.25, 0.3) is 11.3 Å². The molecule has 28 heavy (non-hydrogen) atoms. The fourth-order valence-corrected chi connectivity index (χ4v) is 3.31. The van der Waals surface area contributed by atoms with Gasteiger partial charge in [0.05, 0.1) is 11.4 Å². The van der Waals surface area contributed by atoms with Gasteiger partial charge >= 0.3 is 6.03 Å². The number of hydrogen-bond acceptors (Lipinski definition) is 4. The molecule has 1 aliphatic carbocycles. The number of carbonyl (C=O) groups excluding carboxylic acids is 2. The first-order valence-corrected chi connectivity index (χ1v) is 10.0. The summed E-state index contributed by atoms with van der Waals surface area (Å²) in [5, 5.41) is 20.5. The number of phenols is 1. The van der Waals surface area contributed by atoms with Crippen molar-refractivity contribution in [2.45, 2.75) is 52.4 Å². The number of aromatic hydroxyl groups is 1. The molecule has 0 radical (unpaired) electrons. The summed E-state index contributed by atoms with van der Waals surface area (Å²) in [6.45, 7) is 6.35. The van der Waals surface area contributed by atoms with Crippen LogP contribution < -0.4 is 10.6 Å². The van der Waals surface area contributed by atoms with Crippen LogP contribution in [-0.2, 0) is 4.79 Å². The molecule has 7 nitrogen and oxygen atoms in total. The largest absolute Gasteiger partial charge is 0.507 e. The van der Waals surface area contributed by atoms with E-state index < -0.39 is 0 Å². The fraction of sp³-hybridized carbons (Fsp3) is 0.476. The molecular formula is C21H28N4O3. The Morgan fingerprint density at radius 1 is 1.21 bits per heavy atom. The van der Waals surface area contributed by atoms with Crippen LogP contribution in [-0.4, -0.2) is 33.4 Å². The van der Waals surface area contributed by atoms with Gasteiger partial charge in [-0.25, -0.2) is 4.79 Å². The number of nitrogens with zero attached hydrogens (tertiary/aromatic N) is 2. The van der Waals surface area contributed by atoms with Crippen molar-refractivity contribution in [3.05, 3.63) is 30.0 Å². The van der Waals surface area contributed by atoms with E-state index in [1.165, 1.54) is 4.68 Å². The second-order valence-corrected chi connectivity index (χ2v) is 7.21. The van der Waals surface area contributed by atoms with E-state index in [9.17, 15) is 14.7 Å². The number of amides is 2. The normalized spacial score (nSPS) is 13.6. The van der Waals surface area contributed by atoms with Crippen molar-refractivity contribution in [2.75, 3.05) is 11.9 Å². The highest BCUT2D eigenvalue weighted by atomic mass is 16.3. The second kappa shape index (κ2) is 8.46. The Balaban J connectivity index is 1.92. The molecule has 0 bridgehead atoms. The third kappa shape index (κ3) is 4.18. The minimum Gasteiger partial charge on any atom is -0.507 e. The van der Waals surface area contributed by atoms with E-state index in [1.54, 1.807) is 18.2 Å². The molecule has 0 atom stereocenters. The van der Waals surface area contributed by atoms with Crippen LogP contribution >= 0.6 is 0 Å². The van der Waals surface area contributed by atoms with Gasteiger partial charge in [-0.15, -0.1) is 0 Å². The van der Waals surface area contributed by atoms with Gasteiger partial charge in [-0.3, -0.25) is 4.79 Å². The first kappa shape index (κ1) is 19.9. The number of anilines is 1. The highest BCUT2D eigenvalue weighted by molar-refractivity contribution is 5.93. The first-order valence-electron chi connectivity index (χ1n) is 10.0. The number of benzene rings is 1. The Morgan fingerprint density at radius 3 is 2.54 bits per heavy atom. The van der Waals surface area contributed by atoms with Gasteiger partial charge in [0, 0.05) is 29.6 Å². The molecule has 0 spiro atoms.